The predicted octanol–water partition coefficient (Wildman–Crippen LogP) is -0.595. The van der Waals surface area contributed by atoms with Crippen molar-refractivity contribution >= 4 is 0 Å². The lowest BCUT2D eigenvalue weighted by Gasteiger charge is -2.09. The first-order valence-electron chi connectivity index (χ1n) is 2.48. The van der Waals surface area contributed by atoms with Crippen molar-refractivity contribution in [3.8, 4) is 0 Å². The maximum Gasteiger partial charge on any atom is 0.0696 e. The molecule has 7 heavy (non-hydrogen) atoms. The number of hydrazine groups is 1. The quantitative estimate of drug-likeness (QED) is 0.254. The molecule has 0 rings (SSSR count). The summed E-state index contributed by atoms with van der Waals surface area (Å²) >= 11 is 0. The van der Waals surface area contributed by atoms with Crippen LogP contribution in [-0.4, -0.2) is 13.2 Å². The molecule has 3 heteroatoms. The first-order chi connectivity index (χ1) is 3.35. The van der Waals surface area contributed by atoms with Gasteiger partial charge in [0.05, 0.1) is 6.17 Å². The summed E-state index contributed by atoms with van der Waals surface area (Å²) in [5.41, 5.74) is 2.59. The summed E-state index contributed by atoms with van der Waals surface area (Å²) in [6.07, 6.45) is 1.27. The first-order valence-corrected chi connectivity index (χ1v) is 2.48. The van der Waals surface area contributed by atoms with Gasteiger partial charge in [-0.05, 0) is 13.5 Å². The second-order valence-corrected chi connectivity index (χ2v) is 1.42. The minimum absolute atomic E-state index is 0.264. The zero-order valence-electron chi connectivity index (χ0n) is 4.86. The van der Waals surface area contributed by atoms with Crippen molar-refractivity contribution in [2.24, 2.45) is 5.84 Å². The molecule has 0 aliphatic rings. The lowest BCUT2D eigenvalue weighted by atomic mass is 10.4. The Bertz CT molecular complexity index is 28.4. The summed E-state index contributed by atoms with van der Waals surface area (Å²) in [7, 11) is 1.87. The van der Waals surface area contributed by atoms with Gasteiger partial charge in [0, 0.05) is 0 Å². The van der Waals surface area contributed by atoms with E-state index < -0.39 is 0 Å². The molecule has 0 radical (unpaired) electrons. The average Bonchev–Trinajstić information content (AvgIpc) is 1.72. The van der Waals surface area contributed by atoms with Crippen LogP contribution >= 0.6 is 0 Å². The Morgan fingerprint density at radius 3 is 2.29 bits per heavy atom. The SMILES string of the molecule is CCC(NC)NN. The molecule has 4 N–H and O–H groups in total. The Morgan fingerprint density at radius 1 is 1.71 bits per heavy atom. The molecule has 0 saturated carbocycles. The fraction of sp³-hybridized carbons (Fsp3) is 1.00. The van der Waals surface area contributed by atoms with Crippen LogP contribution in [0.1, 0.15) is 13.3 Å². The number of hydrogen-bond acceptors (Lipinski definition) is 3. The average molecular weight is 103 g/mol. The van der Waals surface area contributed by atoms with E-state index in [9.17, 15) is 0 Å². The molecular formula is C4H13N3. The third-order valence-corrected chi connectivity index (χ3v) is 0.958. The molecule has 0 aliphatic carbocycles. The third-order valence-electron chi connectivity index (χ3n) is 0.958. The molecule has 1 unspecified atom stereocenters. The van der Waals surface area contributed by atoms with Gasteiger partial charge in [0.1, 0.15) is 0 Å². The van der Waals surface area contributed by atoms with E-state index in [0.717, 1.165) is 6.42 Å². The van der Waals surface area contributed by atoms with Gasteiger partial charge in [-0.1, -0.05) is 6.92 Å². The highest BCUT2D eigenvalue weighted by Crippen LogP contribution is 1.77. The summed E-state index contributed by atoms with van der Waals surface area (Å²) in [6.45, 7) is 2.06. The zero-order chi connectivity index (χ0) is 5.70. The van der Waals surface area contributed by atoms with Crippen LogP contribution in [0.25, 0.3) is 0 Å². The monoisotopic (exact) mass is 103 g/mol. The molecule has 0 heterocycles. The van der Waals surface area contributed by atoms with Crippen LogP contribution in [0, 0.1) is 0 Å². The van der Waals surface area contributed by atoms with Gasteiger partial charge in [0.25, 0.3) is 0 Å². The number of nitrogens with one attached hydrogen (secondary N) is 2. The minimum Gasteiger partial charge on any atom is -0.304 e. The van der Waals surface area contributed by atoms with Crippen LogP contribution in [-0.2, 0) is 0 Å². The van der Waals surface area contributed by atoms with Crippen LogP contribution in [0.5, 0.6) is 0 Å². The highest BCUT2D eigenvalue weighted by molar-refractivity contribution is 4.50. The second kappa shape index (κ2) is 4.05. The highest BCUT2D eigenvalue weighted by atomic mass is 15.3. The van der Waals surface area contributed by atoms with Crippen LogP contribution in [0.15, 0.2) is 0 Å². The van der Waals surface area contributed by atoms with Gasteiger partial charge >= 0.3 is 0 Å². The molecule has 0 amide bonds. The number of nitrogens with two attached hydrogens (primary N) is 1. The predicted molar refractivity (Wildman–Crippen MR) is 30.5 cm³/mol. The van der Waals surface area contributed by atoms with E-state index in [-0.39, 0.29) is 6.17 Å². The normalized spacial score (nSPS) is 14.1. The Labute approximate surface area is 44.2 Å². The smallest absolute Gasteiger partial charge is 0.0696 e. The Morgan fingerprint density at radius 2 is 2.29 bits per heavy atom. The fourth-order valence-corrected chi connectivity index (χ4v) is 0.405. The number of hydrogen-bond donors (Lipinski definition) is 3. The first kappa shape index (κ1) is 6.88. The van der Waals surface area contributed by atoms with E-state index in [4.69, 9.17) is 5.84 Å². The standard InChI is InChI=1S/C4H13N3/c1-3-4(6-2)7-5/h4,6-7H,3,5H2,1-2H3. The number of rotatable bonds is 3. The summed E-state index contributed by atoms with van der Waals surface area (Å²) in [5.74, 6) is 5.08. The molecule has 0 aromatic heterocycles. The van der Waals surface area contributed by atoms with Gasteiger partial charge in [0.2, 0.25) is 0 Å². The van der Waals surface area contributed by atoms with Gasteiger partial charge in [-0.25, -0.2) is 5.43 Å². The lowest BCUT2D eigenvalue weighted by molar-refractivity contribution is 0.455. The summed E-state index contributed by atoms with van der Waals surface area (Å²) in [6, 6.07) is 0. The molecule has 0 aromatic carbocycles. The molecule has 0 bridgehead atoms. The molecule has 3 nitrogen and oxygen atoms in total. The van der Waals surface area contributed by atoms with Crippen molar-refractivity contribution in [1.82, 2.24) is 10.7 Å². The molecule has 0 aliphatic heterocycles. The molecule has 0 aromatic rings. The van der Waals surface area contributed by atoms with Crippen LogP contribution in [0.2, 0.25) is 0 Å². The van der Waals surface area contributed by atoms with Crippen LogP contribution in [0.3, 0.4) is 0 Å². The van der Waals surface area contributed by atoms with E-state index in [1.165, 1.54) is 0 Å². The van der Waals surface area contributed by atoms with Gasteiger partial charge in [-0.3, -0.25) is 5.84 Å². The van der Waals surface area contributed by atoms with Crippen molar-refractivity contribution in [3.05, 3.63) is 0 Å². The second-order valence-electron chi connectivity index (χ2n) is 1.42. The van der Waals surface area contributed by atoms with Crippen molar-refractivity contribution < 1.29 is 0 Å². The minimum atomic E-state index is 0.264. The van der Waals surface area contributed by atoms with Crippen molar-refractivity contribution in [1.29, 1.82) is 0 Å². The Kier molecular flexibility index (Phi) is 3.98. The topological polar surface area (TPSA) is 50.1 Å². The van der Waals surface area contributed by atoms with E-state index in [0.29, 0.717) is 0 Å². The molecule has 0 fully saturated rings. The molecule has 0 spiro atoms. The maximum atomic E-state index is 5.08. The third kappa shape index (κ3) is 2.56. The van der Waals surface area contributed by atoms with Crippen molar-refractivity contribution in [2.45, 2.75) is 19.5 Å². The van der Waals surface area contributed by atoms with Gasteiger partial charge in [-0.2, -0.15) is 0 Å². The Balaban J connectivity index is 2.99. The fourth-order valence-electron chi connectivity index (χ4n) is 0.405. The van der Waals surface area contributed by atoms with Crippen LogP contribution in [0.4, 0.5) is 0 Å². The summed E-state index contributed by atoms with van der Waals surface area (Å²) < 4.78 is 0. The molecule has 44 valence electrons. The zero-order valence-corrected chi connectivity index (χ0v) is 4.86. The summed E-state index contributed by atoms with van der Waals surface area (Å²) in [5, 5.41) is 2.97. The van der Waals surface area contributed by atoms with Gasteiger partial charge in [-0.15, -0.1) is 0 Å². The van der Waals surface area contributed by atoms with Crippen molar-refractivity contribution in [3.63, 3.8) is 0 Å². The van der Waals surface area contributed by atoms with Gasteiger partial charge in [0.15, 0.2) is 0 Å². The molecule has 1 atom stereocenters. The maximum absolute atomic E-state index is 5.08. The molecule has 0 saturated heterocycles. The largest absolute Gasteiger partial charge is 0.304 e. The Hall–Kier alpha value is -0.120. The van der Waals surface area contributed by atoms with Crippen LogP contribution < -0.4 is 16.6 Å². The van der Waals surface area contributed by atoms with E-state index in [1.54, 1.807) is 0 Å². The van der Waals surface area contributed by atoms with Gasteiger partial charge < -0.3 is 5.32 Å². The highest BCUT2D eigenvalue weighted by Gasteiger charge is 1.93. The molecular weight excluding hydrogens is 90.1 g/mol. The van der Waals surface area contributed by atoms with E-state index in [1.807, 2.05) is 7.05 Å². The van der Waals surface area contributed by atoms with E-state index >= 15 is 0 Å². The summed E-state index contributed by atoms with van der Waals surface area (Å²) in [4.78, 5) is 0. The van der Waals surface area contributed by atoms with Crippen molar-refractivity contribution in [2.75, 3.05) is 7.05 Å². The lowest BCUT2D eigenvalue weighted by Crippen LogP contribution is -2.43. The van der Waals surface area contributed by atoms with E-state index in [2.05, 4.69) is 17.7 Å².